The van der Waals surface area contributed by atoms with Gasteiger partial charge in [-0.25, -0.2) is 4.98 Å². The first-order valence-corrected chi connectivity index (χ1v) is 12.6. The number of hydrogen-bond acceptors (Lipinski definition) is 6. The van der Waals surface area contributed by atoms with Crippen LogP contribution in [-0.2, 0) is 7.05 Å². The summed E-state index contributed by atoms with van der Waals surface area (Å²) in [7, 11) is 1.72. The number of nitrogens with zero attached hydrogens (tertiary/aromatic N) is 5. The molecular weight excluding hydrogens is 462 g/mol. The summed E-state index contributed by atoms with van der Waals surface area (Å²) in [6.45, 7) is 8.45. The molecule has 8 heteroatoms. The minimum absolute atomic E-state index is 0.0723. The average molecular weight is 492 g/mol. The molecule has 2 aromatic heterocycles. The topological polar surface area (TPSA) is 74.4 Å². The number of halogens is 1. The maximum atomic E-state index is 13.2. The zero-order chi connectivity index (χ0) is 24.9. The van der Waals surface area contributed by atoms with Crippen LogP contribution in [0.25, 0.3) is 11.0 Å². The molecule has 0 unspecified atom stereocenters. The number of aryl methyl sites for hydroxylation is 2. The number of piperazine rings is 1. The van der Waals surface area contributed by atoms with Gasteiger partial charge in [0.15, 0.2) is 0 Å². The molecule has 0 saturated carbocycles. The molecule has 4 heterocycles. The first kappa shape index (κ1) is 23.7. The van der Waals surface area contributed by atoms with Crippen LogP contribution in [0.4, 0.5) is 5.69 Å². The Morgan fingerprint density at radius 3 is 2.74 bits per heavy atom. The summed E-state index contributed by atoms with van der Waals surface area (Å²) in [6.07, 6.45) is 1.94. The van der Waals surface area contributed by atoms with E-state index in [-0.39, 0.29) is 23.7 Å². The molecule has 0 bridgehead atoms. The molecule has 1 fully saturated rings. The van der Waals surface area contributed by atoms with E-state index in [9.17, 15) is 10.1 Å². The van der Waals surface area contributed by atoms with Gasteiger partial charge in [-0.1, -0.05) is 37.6 Å². The number of pyridine rings is 2. The van der Waals surface area contributed by atoms with Crippen LogP contribution in [0.5, 0.6) is 5.75 Å². The number of benzene rings is 1. The largest absolute Gasteiger partial charge is 0.484 e. The molecule has 0 aliphatic carbocycles. The molecule has 1 saturated heterocycles. The Morgan fingerprint density at radius 2 is 2.06 bits per heavy atom. The van der Waals surface area contributed by atoms with Gasteiger partial charge in [0.25, 0.3) is 5.56 Å². The Kier molecular flexibility index (Phi) is 6.20. The fourth-order valence-corrected chi connectivity index (χ4v) is 5.81. The Labute approximate surface area is 210 Å². The van der Waals surface area contributed by atoms with Gasteiger partial charge in [-0.2, -0.15) is 5.26 Å². The number of hydrogen-bond donors (Lipinski definition) is 0. The monoisotopic (exact) mass is 491 g/mol. The highest BCUT2D eigenvalue weighted by atomic mass is 35.5. The van der Waals surface area contributed by atoms with Crippen molar-refractivity contribution in [2.75, 3.05) is 24.6 Å². The molecule has 3 aromatic rings. The van der Waals surface area contributed by atoms with Crippen molar-refractivity contribution in [3.8, 4) is 11.8 Å². The first-order chi connectivity index (χ1) is 16.9. The van der Waals surface area contributed by atoms with Crippen molar-refractivity contribution in [2.45, 2.75) is 51.7 Å². The van der Waals surface area contributed by atoms with Crippen molar-refractivity contribution in [1.82, 2.24) is 14.5 Å². The average Bonchev–Trinajstić information content (AvgIpc) is 2.88. The predicted octanol–water partition coefficient (Wildman–Crippen LogP) is 4.58. The van der Waals surface area contributed by atoms with Gasteiger partial charge in [-0.15, -0.1) is 0 Å². The first-order valence-electron chi connectivity index (χ1n) is 12.2. The van der Waals surface area contributed by atoms with Gasteiger partial charge in [-0.3, -0.25) is 9.69 Å². The lowest BCUT2D eigenvalue weighted by atomic mass is 9.94. The normalized spacial score (nSPS) is 20.6. The van der Waals surface area contributed by atoms with Crippen LogP contribution in [-0.4, -0.2) is 46.2 Å². The Bertz CT molecular complexity index is 1400. The molecule has 0 spiro atoms. The second-order valence-corrected chi connectivity index (χ2v) is 9.93. The van der Waals surface area contributed by atoms with E-state index in [0.717, 1.165) is 42.2 Å². The van der Waals surface area contributed by atoms with Crippen molar-refractivity contribution in [2.24, 2.45) is 7.05 Å². The summed E-state index contributed by atoms with van der Waals surface area (Å²) in [5, 5.41) is 10.3. The van der Waals surface area contributed by atoms with E-state index in [1.807, 2.05) is 6.92 Å². The van der Waals surface area contributed by atoms with Crippen molar-refractivity contribution in [3.05, 3.63) is 62.5 Å². The van der Waals surface area contributed by atoms with E-state index in [2.05, 4.69) is 52.9 Å². The quantitative estimate of drug-likeness (QED) is 0.531. The van der Waals surface area contributed by atoms with Crippen LogP contribution < -0.4 is 15.2 Å². The molecule has 0 amide bonds. The summed E-state index contributed by atoms with van der Waals surface area (Å²) in [5.41, 5.74) is 4.53. The highest BCUT2D eigenvalue weighted by molar-refractivity contribution is 6.31. The number of rotatable bonds is 4. The Balaban J connectivity index is 1.58. The van der Waals surface area contributed by atoms with E-state index in [0.29, 0.717) is 29.1 Å². The molecule has 1 aromatic carbocycles. The maximum Gasteiger partial charge on any atom is 0.295 e. The van der Waals surface area contributed by atoms with Crippen LogP contribution >= 0.6 is 11.6 Å². The van der Waals surface area contributed by atoms with Gasteiger partial charge in [0, 0.05) is 37.2 Å². The van der Waals surface area contributed by atoms with Gasteiger partial charge >= 0.3 is 0 Å². The summed E-state index contributed by atoms with van der Waals surface area (Å²) in [4.78, 5) is 22.7. The summed E-state index contributed by atoms with van der Waals surface area (Å²) < 4.78 is 7.67. The van der Waals surface area contributed by atoms with E-state index < -0.39 is 0 Å². The Hall–Kier alpha value is -3.08. The van der Waals surface area contributed by atoms with Crippen molar-refractivity contribution >= 4 is 28.3 Å². The highest BCUT2D eigenvalue weighted by Crippen LogP contribution is 2.41. The van der Waals surface area contributed by atoms with Crippen LogP contribution in [0.3, 0.4) is 0 Å². The number of aromatic nitrogens is 2. The smallest absolute Gasteiger partial charge is 0.295 e. The molecule has 0 radical (unpaired) electrons. The number of fused-ring (bicyclic) bond motifs is 5. The van der Waals surface area contributed by atoms with Crippen molar-refractivity contribution in [3.63, 3.8) is 0 Å². The van der Waals surface area contributed by atoms with Crippen LogP contribution in [0, 0.1) is 18.3 Å². The van der Waals surface area contributed by atoms with Crippen LogP contribution in [0.2, 0.25) is 5.02 Å². The minimum Gasteiger partial charge on any atom is -0.484 e. The molecule has 2 aliphatic rings. The molecule has 7 nitrogen and oxygen atoms in total. The standard InChI is InChI=1S/C27H30ClN5O2/c1-5-19-13-33-20(14-32(19)22(6-2)17-8-7-16(3)21(28)11-17)15-35-26-25(33)24-23(31(4)27(26)34)10-9-18(12-29)30-24/h7-11,19-20,22H,5-6,13-15H2,1-4H3/t19-,20+,22+/m1/s1. The van der Waals surface area contributed by atoms with E-state index in [1.165, 1.54) is 5.56 Å². The SMILES string of the molecule is CC[C@@H]1CN2c3c(c(=O)n(C)c4ccc(C#N)nc34)OC[C@@H]2CN1[C@@H](CC)c1ccc(C)c(Cl)c1. The Morgan fingerprint density at radius 1 is 1.26 bits per heavy atom. The maximum absolute atomic E-state index is 13.2. The second kappa shape index (κ2) is 9.18. The lowest BCUT2D eigenvalue weighted by Crippen LogP contribution is -2.62. The highest BCUT2D eigenvalue weighted by Gasteiger charge is 2.42. The number of nitriles is 1. The zero-order valence-electron chi connectivity index (χ0n) is 20.6. The molecule has 35 heavy (non-hydrogen) atoms. The van der Waals surface area contributed by atoms with E-state index in [1.54, 1.807) is 23.7 Å². The fraction of sp³-hybridized carbons (Fsp3) is 0.444. The fourth-order valence-electron chi connectivity index (χ4n) is 5.62. The summed E-state index contributed by atoms with van der Waals surface area (Å²) >= 11 is 6.49. The third-order valence-electron chi connectivity index (χ3n) is 7.57. The van der Waals surface area contributed by atoms with Gasteiger partial charge in [0.1, 0.15) is 29.6 Å². The third kappa shape index (κ3) is 3.85. The zero-order valence-corrected chi connectivity index (χ0v) is 21.3. The number of ether oxygens (including phenoxy) is 1. The third-order valence-corrected chi connectivity index (χ3v) is 7.98. The van der Waals surface area contributed by atoms with Crippen LogP contribution in [0.15, 0.2) is 35.1 Å². The van der Waals surface area contributed by atoms with Gasteiger partial charge in [0.05, 0.1) is 11.6 Å². The van der Waals surface area contributed by atoms with Crippen molar-refractivity contribution < 1.29 is 4.74 Å². The van der Waals surface area contributed by atoms with E-state index >= 15 is 0 Å². The van der Waals surface area contributed by atoms with Gasteiger partial charge < -0.3 is 14.2 Å². The summed E-state index contributed by atoms with van der Waals surface area (Å²) in [6, 6.07) is 12.6. The second-order valence-electron chi connectivity index (χ2n) is 9.53. The van der Waals surface area contributed by atoms with Gasteiger partial charge in [0.2, 0.25) is 5.75 Å². The van der Waals surface area contributed by atoms with Crippen LogP contribution in [0.1, 0.15) is 49.6 Å². The lowest BCUT2D eigenvalue weighted by Gasteiger charge is -2.51. The summed E-state index contributed by atoms with van der Waals surface area (Å²) in [5.74, 6) is 0.333. The van der Waals surface area contributed by atoms with Crippen molar-refractivity contribution in [1.29, 1.82) is 5.26 Å². The molecule has 3 atom stereocenters. The molecule has 5 rings (SSSR count). The van der Waals surface area contributed by atoms with Gasteiger partial charge in [-0.05, 0) is 49.1 Å². The number of anilines is 1. The molecule has 2 aliphatic heterocycles. The molecule has 182 valence electrons. The minimum atomic E-state index is -0.173. The lowest BCUT2D eigenvalue weighted by molar-refractivity contribution is 0.0720. The predicted molar refractivity (Wildman–Crippen MR) is 138 cm³/mol. The van der Waals surface area contributed by atoms with E-state index in [4.69, 9.17) is 16.3 Å². The molecular formula is C27H30ClN5O2. The molecule has 0 N–H and O–H groups in total.